The lowest BCUT2D eigenvalue weighted by Crippen LogP contribution is -2.39. The number of carbonyl (C=O) groups is 1. The molecule has 1 atom stereocenters. The Labute approximate surface area is 220 Å². The zero-order valence-corrected chi connectivity index (χ0v) is 21.7. The second-order valence-electron chi connectivity index (χ2n) is 8.04. The van der Waals surface area contributed by atoms with Crippen molar-refractivity contribution in [1.29, 1.82) is 0 Å². The van der Waals surface area contributed by atoms with Gasteiger partial charge in [-0.3, -0.25) is 9.36 Å². The molecule has 0 N–H and O–H groups in total. The number of thiazole rings is 1. The van der Waals surface area contributed by atoms with Crippen LogP contribution in [0.15, 0.2) is 86.1 Å². The van der Waals surface area contributed by atoms with E-state index in [1.807, 2.05) is 30.3 Å². The standard InChI is InChI=1S/C27H20Cl2N2O4S/c1-3-34-26(33)23-15(2)30-27-31(24(23)16-7-5-4-6-8-16)25(32)22(36-27)14-18-10-12-21(35-18)19-11-9-17(28)13-20(19)29/h4-14,24H,3H2,1-2H3. The fourth-order valence-corrected chi connectivity index (χ4v) is 5.66. The number of furan rings is 1. The molecule has 2 aromatic carbocycles. The Morgan fingerprint density at radius 1 is 1.17 bits per heavy atom. The third-order valence-corrected chi connectivity index (χ3v) is 7.26. The van der Waals surface area contributed by atoms with Crippen LogP contribution in [0, 0.1) is 0 Å². The molecule has 1 aliphatic rings. The first-order chi connectivity index (χ1) is 17.4. The maximum Gasteiger partial charge on any atom is 0.338 e. The van der Waals surface area contributed by atoms with E-state index in [2.05, 4.69) is 4.99 Å². The number of esters is 1. The van der Waals surface area contributed by atoms with E-state index in [1.165, 1.54) is 11.3 Å². The maximum absolute atomic E-state index is 13.6. The molecule has 182 valence electrons. The summed E-state index contributed by atoms with van der Waals surface area (Å²) in [6.07, 6.45) is 1.67. The van der Waals surface area contributed by atoms with E-state index < -0.39 is 12.0 Å². The minimum absolute atomic E-state index is 0.222. The molecule has 0 aliphatic carbocycles. The Bertz CT molecular complexity index is 1680. The normalized spacial score (nSPS) is 15.6. The lowest BCUT2D eigenvalue weighted by molar-refractivity contribution is -0.139. The number of fused-ring (bicyclic) bond motifs is 1. The fraction of sp³-hybridized carbons (Fsp3) is 0.148. The number of nitrogens with zero attached hydrogens (tertiary/aromatic N) is 2. The van der Waals surface area contributed by atoms with Gasteiger partial charge in [0.25, 0.3) is 5.56 Å². The first-order valence-corrected chi connectivity index (χ1v) is 12.7. The van der Waals surface area contributed by atoms with Crippen LogP contribution in [0.2, 0.25) is 10.0 Å². The summed E-state index contributed by atoms with van der Waals surface area (Å²) in [6.45, 7) is 3.73. The lowest BCUT2D eigenvalue weighted by Gasteiger charge is -2.24. The molecule has 3 heterocycles. The molecule has 4 aromatic rings. The summed E-state index contributed by atoms with van der Waals surface area (Å²) < 4.78 is 13.3. The van der Waals surface area contributed by atoms with Gasteiger partial charge in [-0.25, -0.2) is 9.79 Å². The van der Waals surface area contributed by atoms with Crippen molar-refractivity contribution in [3.8, 4) is 11.3 Å². The predicted octanol–water partition coefficient (Wildman–Crippen LogP) is 5.37. The summed E-state index contributed by atoms with van der Waals surface area (Å²) >= 11 is 13.6. The van der Waals surface area contributed by atoms with E-state index in [0.717, 1.165) is 5.56 Å². The number of halogens is 2. The molecule has 5 rings (SSSR count). The van der Waals surface area contributed by atoms with Gasteiger partial charge in [-0.05, 0) is 49.7 Å². The van der Waals surface area contributed by atoms with Gasteiger partial charge in [-0.15, -0.1) is 0 Å². The smallest absolute Gasteiger partial charge is 0.338 e. The first kappa shape index (κ1) is 24.3. The summed E-state index contributed by atoms with van der Waals surface area (Å²) in [5, 5.41) is 0.995. The lowest BCUT2D eigenvalue weighted by atomic mass is 9.96. The molecule has 1 aliphatic heterocycles. The van der Waals surface area contributed by atoms with Crippen molar-refractivity contribution < 1.29 is 13.9 Å². The average Bonchev–Trinajstić information content (AvgIpc) is 3.43. The first-order valence-electron chi connectivity index (χ1n) is 11.2. The van der Waals surface area contributed by atoms with Crippen molar-refractivity contribution in [3.05, 3.63) is 113 Å². The molecule has 1 unspecified atom stereocenters. The quantitative estimate of drug-likeness (QED) is 0.320. The second kappa shape index (κ2) is 9.93. The number of hydrogen-bond donors (Lipinski definition) is 0. The van der Waals surface area contributed by atoms with Crippen LogP contribution in [0.1, 0.15) is 31.2 Å². The molecule has 0 amide bonds. The summed E-state index contributed by atoms with van der Waals surface area (Å²) in [5.41, 5.74) is 2.08. The summed E-state index contributed by atoms with van der Waals surface area (Å²) in [6, 6.07) is 17.4. The number of allylic oxidation sites excluding steroid dienone is 1. The van der Waals surface area contributed by atoms with E-state index >= 15 is 0 Å². The Hall–Kier alpha value is -3.39. The van der Waals surface area contributed by atoms with Gasteiger partial charge in [0, 0.05) is 16.7 Å². The number of hydrogen-bond acceptors (Lipinski definition) is 6. The predicted molar refractivity (Wildman–Crippen MR) is 141 cm³/mol. The van der Waals surface area contributed by atoms with Gasteiger partial charge >= 0.3 is 5.97 Å². The van der Waals surface area contributed by atoms with Crippen molar-refractivity contribution >= 4 is 46.6 Å². The number of carbonyl (C=O) groups excluding carboxylic acids is 1. The third kappa shape index (κ3) is 4.46. The van der Waals surface area contributed by atoms with E-state index in [-0.39, 0.29) is 12.2 Å². The molecule has 2 aromatic heterocycles. The minimum atomic E-state index is -0.649. The Morgan fingerprint density at radius 3 is 2.67 bits per heavy atom. The van der Waals surface area contributed by atoms with Crippen LogP contribution in [-0.2, 0) is 9.53 Å². The monoisotopic (exact) mass is 538 g/mol. The zero-order valence-electron chi connectivity index (χ0n) is 19.3. The molecule has 36 heavy (non-hydrogen) atoms. The Balaban J connectivity index is 1.63. The summed E-state index contributed by atoms with van der Waals surface area (Å²) in [7, 11) is 0. The topological polar surface area (TPSA) is 73.8 Å². The van der Waals surface area contributed by atoms with Crippen molar-refractivity contribution in [2.24, 2.45) is 4.99 Å². The second-order valence-corrected chi connectivity index (χ2v) is 9.89. The van der Waals surface area contributed by atoms with Crippen molar-refractivity contribution in [2.45, 2.75) is 19.9 Å². The van der Waals surface area contributed by atoms with Crippen molar-refractivity contribution in [3.63, 3.8) is 0 Å². The minimum Gasteiger partial charge on any atom is -0.463 e. The van der Waals surface area contributed by atoms with Gasteiger partial charge in [-0.1, -0.05) is 64.9 Å². The highest BCUT2D eigenvalue weighted by atomic mass is 35.5. The van der Waals surface area contributed by atoms with Crippen molar-refractivity contribution in [2.75, 3.05) is 6.61 Å². The van der Waals surface area contributed by atoms with Crippen molar-refractivity contribution in [1.82, 2.24) is 4.57 Å². The molecular weight excluding hydrogens is 519 g/mol. The molecule has 0 saturated heterocycles. The largest absolute Gasteiger partial charge is 0.463 e. The number of rotatable bonds is 5. The van der Waals surface area contributed by atoms with Gasteiger partial charge in [0.05, 0.1) is 33.5 Å². The molecule has 6 nitrogen and oxygen atoms in total. The molecule has 9 heteroatoms. The summed E-state index contributed by atoms with van der Waals surface area (Å²) in [4.78, 5) is 31.6. The van der Waals surface area contributed by atoms with Crippen LogP contribution in [0.3, 0.4) is 0 Å². The van der Waals surface area contributed by atoms with Crippen LogP contribution in [0.25, 0.3) is 17.4 Å². The average molecular weight is 539 g/mol. The van der Waals surface area contributed by atoms with Crippen LogP contribution >= 0.6 is 34.5 Å². The number of aromatic nitrogens is 1. The molecule has 0 spiro atoms. The molecule has 0 radical (unpaired) electrons. The molecule has 0 saturated carbocycles. The molecule has 0 fully saturated rings. The van der Waals surface area contributed by atoms with E-state index in [4.69, 9.17) is 32.4 Å². The van der Waals surface area contributed by atoms with E-state index in [1.54, 1.807) is 54.8 Å². The van der Waals surface area contributed by atoms with Crippen LogP contribution in [-0.4, -0.2) is 17.1 Å². The van der Waals surface area contributed by atoms with Gasteiger partial charge in [-0.2, -0.15) is 0 Å². The highest BCUT2D eigenvalue weighted by molar-refractivity contribution is 7.07. The van der Waals surface area contributed by atoms with Crippen LogP contribution < -0.4 is 14.9 Å². The zero-order chi connectivity index (χ0) is 25.4. The van der Waals surface area contributed by atoms with Crippen LogP contribution in [0.5, 0.6) is 0 Å². The Kier molecular flexibility index (Phi) is 6.71. The third-order valence-electron chi connectivity index (χ3n) is 5.73. The number of benzene rings is 2. The van der Waals surface area contributed by atoms with Gasteiger partial charge < -0.3 is 9.15 Å². The van der Waals surface area contributed by atoms with Gasteiger partial charge in [0.1, 0.15) is 11.5 Å². The van der Waals surface area contributed by atoms with Crippen LogP contribution in [0.4, 0.5) is 0 Å². The highest BCUT2D eigenvalue weighted by Gasteiger charge is 2.33. The highest BCUT2D eigenvalue weighted by Crippen LogP contribution is 2.32. The fourth-order valence-electron chi connectivity index (χ4n) is 4.14. The summed E-state index contributed by atoms with van der Waals surface area (Å²) in [5.74, 6) is 0.551. The molecular formula is C27H20Cl2N2O4S. The van der Waals surface area contributed by atoms with E-state index in [9.17, 15) is 9.59 Å². The number of ether oxygens (including phenoxy) is 1. The van der Waals surface area contributed by atoms with Gasteiger partial charge in [0.15, 0.2) is 4.80 Å². The Morgan fingerprint density at radius 2 is 1.94 bits per heavy atom. The maximum atomic E-state index is 13.6. The SMILES string of the molecule is CCOC(=O)C1=C(C)N=c2sc(=Cc3ccc(-c4ccc(Cl)cc4Cl)o3)c(=O)n2C1c1ccccc1. The van der Waals surface area contributed by atoms with E-state index in [0.29, 0.717) is 47.7 Å². The molecule has 0 bridgehead atoms. The van der Waals surface area contributed by atoms with Gasteiger partial charge in [0.2, 0.25) is 0 Å².